The van der Waals surface area contributed by atoms with Crippen molar-refractivity contribution in [3.8, 4) is 0 Å². The number of non-ortho nitro benzene ring substituents is 1. The van der Waals surface area contributed by atoms with Crippen LogP contribution in [0, 0.1) is 10.1 Å². The Morgan fingerprint density at radius 2 is 1.69 bits per heavy atom. The van der Waals surface area contributed by atoms with Gasteiger partial charge in [-0.2, -0.15) is 0 Å². The molecule has 1 aliphatic rings. The van der Waals surface area contributed by atoms with Gasteiger partial charge in [0.05, 0.1) is 11.5 Å². The molecule has 0 unspecified atom stereocenters. The maximum atomic E-state index is 10.7. The number of piperazine rings is 1. The highest BCUT2D eigenvalue weighted by atomic mass is 35.5. The van der Waals surface area contributed by atoms with Gasteiger partial charge in [-0.1, -0.05) is 23.7 Å². The van der Waals surface area contributed by atoms with Crippen LogP contribution in [-0.4, -0.2) is 42.0 Å². The zero-order valence-electron chi connectivity index (χ0n) is 14.2. The standard InChI is InChI=1S/C18H20ClN5O2/c19-15-3-7-16(8-4-15)22-9-11-23(12-10-22)18(20)21-13-14-1-5-17(6-2-14)24(25)26/h1-8H,9-13H2,(H2,20,21). The third-order valence-corrected chi connectivity index (χ3v) is 4.62. The molecule has 1 aliphatic heterocycles. The Labute approximate surface area is 156 Å². The molecule has 8 heteroatoms. The van der Waals surface area contributed by atoms with Crippen LogP contribution in [0.25, 0.3) is 0 Å². The van der Waals surface area contributed by atoms with Crippen molar-refractivity contribution >= 4 is 28.9 Å². The first-order valence-corrected chi connectivity index (χ1v) is 8.69. The lowest BCUT2D eigenvalue weighted by Gasteiger charge is -2.36. The average Bonchev–Trinajstić information content (AvgIpc) is 2.67. The minimum Gasteiger partial charge on any atom is -0.370 e. The number of benzene rings is 2. The van der Waals surface area contributed by atoms with Gasteiger partial charge in [-0.3, -0.25) is 10.1 Å². The summed E-state index contributed by atoms with van der Waals surface area (Å²) in [4.78, 5) is 19.0. The highest BCUT2D eigenvalue weighted by molar-refractivity contribution is 6.30. The van der Waals surface area contributed by atoms with Crippen LogP contribution in [-0.2, 0) is 6.54 Å². The Morgan fingerprint density at radius 1 is 1.08 bits per heavy atom. The number of nitro benzene ring substituents is 1. The third kappa shape index (κ3) is 4.43. The van der Waals surface area contributed by atoms with Crippen LogP contribution >= 0.6 is 11.6 Å². The van der Waals surface area contributed by atoms with Crippen molar-refractivity contribution in [2.45, 2.75) is 6.54 Å². The molecule has 0 bridgehead atoms. The number of nitrogens with zero attached hydrogens (tertiary/aromatic N) is 4. The first kappa shape index (κ1) is 18.0. The van der Waals surface area contributed by atoms with E-state index in [2.05, 4.69) is 14.8 Å². The van der Waals surface area contributed by atoms with Crippen LogP contribution in [0.5, 0.6) is 0 Å². The fourth-order valence-corrected chi connectivity index (χ4v) is 2.97. The van der Waals surface area contributed by atoms with Crippen LogP contribution in [0.4, 0.5) is 11.4 Å². The van der Waals surface area contributed by atoms with E-state index in [1.165, 1.54) is 12.1 Å². The summed E-state index contributed by atoms with van der Waals surface area (Å²) >= 11 is 5.93. The van der Waals surface area contributed by atoms with E-state index in [4.69, 9.17) is 17.3 Å². The van der Waals surface area contributed by atoms with Crippen molar-refractivity contribution in [1.29, 1.82) is 0 Å². The topological polar surface area (TPSA) is 88.0 Å². The van der Waals surface area contributed by atoms with Crippen molar-refractivity contribution in [2.24, 2.45) is 10.7 Å². The molecule has 2 aromatic carbocycles. The van der Waals surface area contributed by atoms with Crippen molar-refractivity contribution in [2.75, 3.05) is 31.1 Å². The molecule has 0 amide bonds. The number of guanidine groups is 1. The summed E-state index contributed by atoms with van der Waals surface area (Å²) in [7, 11) is 0. The van der Waals surface area contributed by atoms with Gasteiger partial charge in [0.25, 0.3) is 5.69 Å². The van der Waals surface area contributed by atoms with E-state index in [0.717, 1.165) is 42.5 Å². The predicted octanol–water partition coefficient (Wildman–Crippen LogP) is 2.89. The van der Waals surface area contributed by atoms with Crippen LogP contribution in [0.3, 0.4) is 0 Å². The van der Waals surface area contributed by atoms with Crippen molar-refractivity contribution in [3.63, 3.8) is 0 Å². The number of rotatable bonds is 4. The van der Waals surface area contributed by atoms with Gasteiger partial charge < -0.3 is 15.5 Å². The summed E-state index contributed by atoms with van der Waals surface area (Å²) in [6.07, 6.45) is 0. The molecule has 1 saturated heterocycles. The van der Waals surface area contributed by atoms with Crippen LogP contribution < -0.4 is 10.6 Å². The molecule has 0 spiro atoms. The van der Waals surface area contributed by atoms with E-state index >= 15 is 0 Å². The molecule has 3 rings (SSSR count). The van der Waals surface area contributed by atoms with E-state index < -0.39 is 4.92 Å². The fraction of sp³-hybridized carbons (Fsp3) is 0.278. The second kappa shape index (κ2) is 8.05. The Hall–Kier alpha value is -2.80. The Bertz CT molecular complexity index is 784. The second-order valence-corrected chi connectivity index (χ2v) is 6.48. The highest BCUT2D eigenvalue weighted by Gasteiger charge is 2.18. The fourth-order valence-electron chi connectivity index (χ4n) is 2.84. The van der Waals surface area contributed by atoms with Crippen LogP contribution in [0.2, 0.25) is 5.02 Å². The van der Waals surface area contributed by atoms with Gasteiger partial charge in [0, 0.05) is 49.0 Å². The third-order valence-electron chi connectivity index (χ3n) is 4.37. The molecular weight excluding hydrogens is 354 g/mol. The molecular formula is C18H20ClN5O2. The van der Waals surface area contributed by atoms with E-state index in [-0.39, 0.29) is 5.69 Å². The lowest BCUT2D eigenvalue weighted by molar-refractivity contribution is -0.384. The summed E-state index contributed by atoms with van der Waals surface area (Å²) in [6.45, 7) is 3.70. The minimum absolute atomic E-state index is 0.0732. The van der Waals surface area contributed by atoms with Gasteiger partial charge in [-0.25, -0.2) is 4.99 Å². The van der Waals surface area contributed by atoms with Gasteiger partial charge in [0.15, 0.2) is 5.96 Å². The number of nitro groups is 1. The van der Waals surface area contributed by atoms with Crippen LogP contribution in [0.15, 0.2) is 53.5 Å². The molecule has 1 heterocycles. The van der Waals surface area contributed by atoms with Gasteiger partial charge in [-0.05, 0) is 29.8 Å². The maximum Gasteiger partial charge on any atom is 0.269 e. The van der Waals surface area contributed by atoms with E-state index in [1.807, 2.05) is 24.3 Å². The first-order chi connectivity index (χ1) is 12.5. The van der Waals surface area contributed by atoms with Gasteiger partial charge in [0.2, 0.25) is 0 Å². The summed E-state index contributed by atoms with van der Waals surface area (Å²) in [6, 6.07) is 14.2. The van der Waals surface area contributed by atoms with Gasteiger partial charge >= 0.3 is 0 Å². The Balaban J connectivity index is 1.54. The average molecular weight is 374 g/mol. The first-order valence-electron chi connectivity index (χ1n) is 8.31. The molecule has 136 valence electrons. The molecule has 0 aliphatic carbocycles. The van der Waals surface area contributed by atoms with E-state index in [1.54, 1.807) is 12.1 Å². The molecule has 7 nitrogen and oxygen atoms in total. The second-order valence-electron chi connectivity index (χ2n) is 6.05. The molecule has 0 atom stereocenters. The predicted molar refractivity (Wildman–Crippen MR) is 104 cm³/mol. The number of aliphatic imine (C=N–C) groups is 1. The van der Waals surface area contributed by atoms with E-state index in [0.29, 0.717) is 12.5 Å². The molecule has 2 N–H and O–H groups in total. The number of halogens is 1. The normalized spacial score (nSPS) is 15.2. The molecule has 0 radical (unpaired) electrons. The van der Waals surface area contributed by atoms with Crippen molar-refractivity contribution in [3.05, 3.63) is 69.2 Å². The summed E-state index contributed by atoms with van der Waals surface area (Å²) in [5.41, 5.74) is 8.22. The monoisotopic (exact) mass is 373 g/mol. The maximum absolute atomic E-state index is 10.7. The largest absolute Gasteiger partial charge is 0.370 e. The molecule has 1 fully saturated rings. The Morgan fingerprint density at radius 3 is 2.27 bits per heavy atom. The number of anilines is 1. The summed E-state index contributed by atoms with van der Waals surface area (Å²) in [5.74, 6) is 0.499. The molecule has 0 aromatic heterocycles. The van der Waals surface area contributed by atoms with Gasteiger partial charge in [-0.15, -0.1) is 0 Å². The van der Waals surface area contributed by atoms with Gasteiger partial charge in [0.1, 0.15) is 0 Å². The number of hydrogen-bond donors (Lipinski definition) is 1. The SMILES string of the molecule is NC(=NCc1ccc([N+](=O)[O-])cc1)N1CCN(c2ccc(Cl)cc2)CC1. The molecule has 0 saturated carbocycles. The summed E-state index contributed by atoms with van der Waals surface area (Å²) < 4.78 is 0. The molecule has 2 aromatic rings. The van der Waals surface area contributed by atoms with Crippen LogP contribution in [0.1, 0.15) is 5.56 Å². The van der Waals surface area contributed by atoms with Crippen molar-refractivity contribution in [1.82, 2.24) is 4.90 Å². The molecule has 26 heavy (non-hydrogen) atoms. The number of hydrogen-bond acceptors (Lipinski definition) is 4. The van der Waals surface area contributed by atoms with E-state index in [9.17, 15) is 10.1 Å². The zero-order chi connectivity index (χ0) is 18.5. The summed E-state index contributed by atoms with van der Waals surface area (Å²) in [5, 5.41) is 11.4. The lowest BCUT2D eigenvalue weighted by atomic mass is 10.2. The van der Waals surface area contributed by atoms with Crippen molar-refractivity contribution < 1.29 is 4.92 Å². The highest BCUT2D eigenvalue weighted by Crippen LogP contribution is 2.19. The Kier molecular flexibility index (Phi) is 5.58. The smallest absolute Gasteiger partial charge is 0.269 e. The minimum atomic E-state index is -0.415. The zero-order valence-corrected chi connectivity index (χ0v) is 15.0. The quantitative estimate of drug-likeness (QED) is 0.385. The number of nitrogens with two attached hydrogens (primary N) is 1. The lowest BCUT2D eigenvalue weighted by Crippen LogP contribution is -2.51.